The van der Waals surface area contributed by atoms with E-state index in [1.807, 2.05) is 30.3 Å². The first-order valence-corrected chi connectivity index (χ1v) is 6.18. The van der Waals surface area contributed by atoms with Gasteiger partial charge in [-0.2, -0.15) is 0 Å². The predicted octanol–water partition coefficient (Wildman–Crippen LogP) is 2.98. The standard InChI is InChI=1S/C13H12ClN3S/c14-11-4-2-1-3-10(11)8-17-12-7-9(13(15)18)5-6-16-12/h1-7H,8H2,(H2,15,18)(H,16,17). The van der Waals surface area contributed by atoms with Crippen LogP contribution >= 0.6 is 23.8 Å². The van der Waals surface area contributed by atoms with E-state index in [4.69, 9.17) is 29.6 Å². The van der Waals surface area contributed by atoms with Crippen molar-refractivity contribution in [2.45, 2.75) is 6.54 Å². The quantitative estimate of drug-likeness (QED) is 0.844. The van der Waals surface area contributed by atoms with E-state index in [-0.39, 0.29) is 0 Å². The number of nitrogens with zero attached hydrogens (tertiary/aromatic N) is 1. The third-order valence-corrected chi connectivity index (χ3v) is 3.07. The first kappa shape index (κ1) is 12.8. The number of anilines is 1. The molecule has 3 N–H and O–H groups in total. The summed E-state index contributed by atoms with van der Waals surface area (Å²) in [6, 6.07) is 11.3. The molecule has 0 unspecified atom stereocenters. The summed E-state index contributed by atoms with van der Waals surface area (Å²) in [7, 11) is 0. The van der Waals surface area contributed by atoms with Gasteiger partial charge >= 0.3 is 0 Å². The zero-order valence-electron chi connectivity index (χ0n) is 9.56. The van der Waals surface area contributed by atoms with E-state index in [1.54, 1.807) is 12.3 Å². The topological polar surface area (TPSA) is 50.9 Å². The van der Waals surface area contributed by atoms with Crippen LogP contribution in [0, 0.1) is 0 Å². The fourth-order valence-electron chi connectivity index (χ4n) is 1.51. The van der Waals surface area contributed by atoms with Gasteiger partial charge in [0.25, 0.3) is 0 Å². The van der Waals surface area contributed by atoms with Crippen molar-refractivity contribution < 1.29 is 0 Å². The van der Waals surface area contributed by atoms with Crippen LogP contribution in [0.5, 0.6) is 0 Å². The van der Waals surface area contributed by atoms with Crippen molar-refractivity contribution in [2.24, 2.45) is 5.73 Å². The van der Waals surface area contributed by atoms with Crippen LogP contribution in [0.25, 0.3) is 0 Å². The van der Waals surface area contributed by atoms with Crippen LogP contribution in [0.15, 0.2) is 42.6 Å². The van der Waals surface area contributed by atoms with Gasteiger partial charge in [0.15, 0.2) is 0 Å². The summed E-state index contributed by atoms with van der Waals surface area (Å²) in [5.74, 6) is 0.722. The molecule has 0 aliphatic heterocycles. The Balaban J connectivity index is 2.09. The Kier molecular flexibility index (Phi) is 4.12. The summed E-state index contributed by atoms with van der Waals surface area (Å²) in [4.78, 5) is 4.56. The third-order valence-electron chi connectivity index (χ3n) is 2.46. The molecule has 5 heteroatoms. The Labute approximate surface area is 116 Å². The van der Waals surface area contributed by atoms with Crippen molar-refractivity contribution in [3.05, 3.63) is 58.7 Å². The summed E-state index contributed by atoms with van der Waals surface area (Å²) in [6.07, 6.45) is 1.67. The van der Waals surface area contributed by atoms with Gasteiger partial charge in [0.1, 0.15) is 10.8 Å². The van der Waals surface area contributed by atoms with Crippen LogP contribution in [0.3, 0.4) is 0 Å². The SMILES string of the molecule is NC(=S)c1ccnc(NCc2ccccc2Cl)c1. The number of nitrogens with one attached hydrogen (secondary N) is 1. The molecule has 1 aromatic heterocycles. The second-order valence-electron chi connectivity index (χ2n) is 3.74. The number of halogens is 1. The van der Waals surface area contributed by atoms with Gasteiger partial charge in [0, 0.05) is 23.3 Å². The molecule has 0 aliphatic rings. The van der Waals surface area contributed by atoms with Gasteiger partial charge in [0.2, 0.25) is 0 Å². The van der Waals surface area contributed by atoms with Gasteiger partial charge in [-0.3, -0.25) is 0 Å². The highest BCUT2D eigenvalue weighted by molar-refractivity contribution is 7.80. The zero-order valence-corrected chi connectivity index (χ0v) is 11.1. The number of aromatic nitrogens is 1. The summed E-state index contributed by atoms with van der Waals surface area (Å²) in [5.41, 5.74) is 7.38. The molecule has 0 bridgehead atoms. The smallest absolute Gasteiger partial charge is 0.126 e. The molecule has 2 aromatic rings. The lowest BCUT2D eigenvalue weighted by Crippen LogP contribution is -2.10. The third kappa shape index (κ3) is 3.18. The van der Waals surface area contributed by atoms with E-state index in [1.165, 1.54) is 0 Å². The minimum atomic E-state index is 0.359. The van der Waals surface area contributed by atoms with E-state index in [0.717, 1.165) is 22.0 Å². The van der Waals surface area contributed by atoms with Gasteiger partial charge < -0.3 is 11.1 Å². The number of hydrogen-bond donors (Lipinski definition) is 2. The molecule has 1 heterocycles. The average Bonchev–Trinajstić information content (AvgIpc) is 2.38. The predicted molar refractivity (Wildman–Crippen MR) is 78.9 cm³/mol. The number of pyridine rings is 1. The highest BCUT2D eigenvalue weighted by Gasteiger charge is 2.01. The van der Waals surface area contributed by atoms with E-state index in [9.17, 15) is 0 Å². The molecule has 0 fully saturated rings. The van der Waals surface area contributed by atoms with Crippen LogP contribution in [-0.2, 0) is 6.54 Å². The highest BCUT2D eigenvalue weighted by atomic mass is 35.5. The van der Waals surface area contributed by atoms with Crippen molar-refractivity contribution in [1.82, 2.24) is 4.98 Å². The van der Waals surface area contributed by atoms with Gasteiger partial charge in [0.05, 0.1) is 0 Å². The maximum atomic E-state index is 6.07. The molecule has 0 radical (unpaired) electrons. The summed E-state index contributed by atoms with van der Waals surface area (Å²) < 4.78 is 0. The van der Waals surface area contributed by atoms with E-state index < -0.39 is 0 Å². The van der Waals surface area contributed by atoms with E-state index in [0.29, 0.717) is 11.5 Å². The Hall–Kier alpha value is -1.65. The summed E-state index contributed by atoms with van der Waals surface area (Å²) in [5, 5.41) is 3.92. The minimum Gasteiger partial charge on any atom is -0.389 e. The van der Waals surface area contributed by atoms with Gasteiger partial charge in [-0.05, 0) is 23.8 Å². The molecular formula is C13H12ClN3S. The maximum absolute atomic E-state index is 6.07. The van der Waals surface area contributed by atoms with Crippen molar-refractivity contribution in [1.29, 1.82) is 0 Å². The molecule has 0 saturated carbocycles. The average molecular weight is 278 g/mol. The molecule has 1 aromatic carbocycles. The van der Waals surface area contributed by atoms with E-state index in [2.05, 4.69) is 10.3 Å². The summed E-state index contributed by atoms with van der Waals surface area (Å²) >= 11 is 11.0. The van der Waals surface area contributed by atoms with Crippen molar-refractivity contribution in [2.75, 3.05) is 5.32 Å². The fourth-order valence-corrected chi connectivity index (χ4v) is 1.84. The zero-order chi connectivity index (χ0) is 13.0. The largest absolute Gasteiger partial charge is 0.389 e. The first-order chi connectivity index (χ1) is 8.66. The van der Waals surface area contributed by atoms with Crippen molar-refractivity contribution in [3.63, 3.8) is 0 Å². The van der Waals surface area contributed by atoms with Crippen molar-refractivity contribution in [3.8, 4) is 0 Å². The highest BCUT2D eigenvalue weighted by Crippen LogP contribution is 2.16. The number of benzene rings is 1. The van der Waals surface area contributed by atoms with E-state index >= 15 is 0 Å². The van der Waals surface area contributed by atoms with Crippen LogP contribution in [0.2, 0.25) is 5.02 Å². The Morgan fingerprint density at radius 1 is 1.33 bits per heavy atom. The number of thiocarbonyl (C=S) groups is 1. The normalized spacial score (nSPS) is 10.1. The lowest BCUT2D eigenvalue weighted by Gasteiger charge is -2.08. The molecule has 0 amide bonds. The Morgan fingerprint density at radius 2 is 2.11 bits per heavy atom. The molecule has 0 spiro atoms. The molecule has 3 nitrogen and oxygen atoms in total. The first-order valence-electron chi connectivity index (χ1n) is 5.40. The van der Waals surface area contributed by atoms with Crippen LogP contribution in [0.4, 0.5) is 5.82 Å². The molecule has 92 valence electrons. The molecule has 0 atom stereocenters. The second-order valence-corrected chi connectivity index (χ2v) is 4.59. The Morgan fingerprint density at radius 3 is 2.83 bits per heavy atom. The number of nitrogens with two attached hydrogens (primary N) is 1. The lowest BCUT2D eigenvalue weighted by atomic mass is 10.2. The number of rotatable bonds is 4. The molecule has 0 aliphatic carbocycles. The minimum absolute atomic E-state index is 0.359. The molecule has 18 heavy (non-hydrogen) atoms. The molecule has 0 saturated heterocycles. The van der Waals surface area contributed by atoms with Crippen LogP contribution in [-0.4, -0.2) is 9.97 Å². The van der Waals surface area contributed by atoms with Gasteiger partial charge in [-0.15, -0.1) is 0 Å². The van der Waals surface area contributed by atoms with Crippen molar-refractivity contribution >= 4 is 34.6 Å². The van der Waals surface area contributed by atoms with Gasteiger partial charge in [-0.1, -0.05) is 42.0 Å². The molecule has 2 rings (SSSR count). The molecular weight excluding hydrogens is 266 g/mol. The maximum Gasteiger partial charge on any atom is 0.126 e. The van der Waals surface area contributed by atoms with Crippen LogP contribution in [0.1, 0.15) is 11.1 Å². The van der Waals surface area contributed by atoms with Crippen LogP contribution < -0.4 is 11.1 Å². The summed E-state index contributed by atoms with van der Waals surface area (Å²) in [6.45, 7) is 0.605. The monoisotopic (exact) mass is 277 g/mol. The lowest BCUT2D eigenvalue weighted by molar-refractivity contribution is 1.11. The number of hydrogen-bond acceptors (Lipinski definition) is 3. The fraction of sp³-hybridized carbons (Fsp3) is 0.0769. The Bertz CT molecular complexity index is 572. The second kappa shape index (κ2) is 5.80. The van der Waals surface area contributed by atoms with Gasteiger partial charge in [-0.25, -0.2) is 4.98 Å².